The summed E-state index contributed by atoms with van der Waals surface area (Å²) in [5.41, 5.74) is -0.330. The second-order valence-electron chi connectivity index (χ2n) is 4.46. The molecule has 0 saturated heterocycles. The maximum absolute atomic E-state index is 13.2. The number of aliphatic carboxylic acids is 1. The summed E-state index contributed by atoms with van der Waals surface area (Å²) in [5, 5.41) is 11.5. The summed E-state index contributed by atoms with van der Waals surface area (Å²) in [6.45, 7) is 3.08. The number of nitrogens with one attached hydrogen (secondary N) is 1. The van der Waals surface area contributed by atoms with Crippen LogP contribution in [0.2, 0.25) is 0 Å². The van der Waals surface area contributed by atoms with Crippen LogP contribution in [0, 0.1) is 18.2 Å². The van der Waals surface area contributed by atoms with E-state index in [1.807, 2.05) is 0 Å². The van der Waals surface area contributed by atoms with E-state index in [-0.39, 0.29) is 6.42 Å². The fourth-order valence-electron chi connectivity index (χ4n) is 1.74. The largest absolute Gasteiger partial charge is 0.480 e. The molecule has 0 heterocycles. The third-order valence-corrected chi connectivity index (χ3v) is 3.06. The van der Waals surface area contributed by atoms with Crippen molar-refractivity contribution >= 4 is 11.9 Å². The molecule has 0 aliphatic rings. The van der Waals surface area contributed by atoms with Crippen molar-refractivity contribution in [3.8, 4) is 0 Å². The molecule has 0 aliphatic heterocycles. The van der Waals surface area contributed by atoms with E-state index < -0.39 is 23.1 Å². The first-order valence-corrected chi connectivity index (χ1v) is 5.52. The predicted molar refractivity (Wildman–Crippen MR) is 64.7 cm³/mol. The summed E-state index contributed by atoms with van der Waals surface area (Å²) >= 11 is 0. The number of rotatable bonds is 4. The molecule has 98 valence electrons. The maximum Gasteiger partial charge on any atom is 0.319 e. The zero-order chi connectivity index (χ0) is 13.9. The number of carboxylic acid groups (broad SMARTS) is 1. The normalized spacial score (nSPS) is 13.8. The lowest BCUT2D eigenvalue weighted by molar-refractivity contribution is -0.154. The highest BCUT2D eigenvalue weighted by atomic mass is 19.1. The maximum atomic E-state index is 13.2. The van der Waals surface area contributed by atoms with Crippen LogP contribution in [0.4, 0.5) is 4.39 Å². The Hall–Kier alpha value is -1.91. The molecule has 1 rings (SSSR count). The molecule has 1 aromatic carbocycles. The first kappa shape index (κ1) is 14.2. The Morgan fingerprint density at radius 1 is 1.44 bits per heavy atom. The zero-order valence-corrected chi connectivity index (χ0v) is 10.6. The van der Waals surface area contributed by atoms with Gasteiger partial charge in [0.2, 0.25) is 5.91 Å². The van der Waals surface area contributed by atoms with E-state index in [4.69, 9.17) is 0 Å². The van der Waals surface area contributed by atoms with Crippen molar-refractivity contribution in [1.82, 2.24) is 5.32 Å². The summed E-state index contributed by atoms with van der Waals surface area (Å²) in [6.07, 6.45) is -0.0500. The first-order valence-electron chi connectivity index (χ1n) is 5.52. The van der Waals surface area contributed by atoms with Crippen LogP contribution in [-0.2, 0) is 16.0 Å². The molecule has 1 atom stereocenters. The van der Waals surface area contributed by atoms with Crippen molar-refractivity contribution in [2.75, 3.05) is 7.05 Å². The van der Waals surface area contributed by atoms with E-state index in [0.29, 0.717) is 5.56 Å². The van der Waals surface area contributed by atoms with Crippen LogP contribution in [-0.4, -0.2) is 24.0 Å². The SMILES string of the molecule is CNC(=O)C(C)(Cc1cc(F)ccc1C)C(=O)O. The van der Waals surface area contributed by atoms with Crippen LogP contribution in [0.15, 0.2) is 18.2 Å². The van der Waals surface area contributed by atoms with Crippen molar-refractivity contribution in [2.24, 2.45) is 5.41 Å². The van der Waals surface area contributed by atoms with Gasteiger partial charge in [0, 0.05) is 7.05 Å². The van der Waals surface area contributed by atoms with Gasteiger partial charge in [-0.1, -0.05) is 6.07 Å². The summed E-state index contributed by atoms with van der Waals surface area (Å²) in [5.74, 6) is -2.27. The van der Waals surface area contributed by atoms with Gasteiger partial charge in [-0.3, -0.25) is 9.59 Å². The lowest BCUT2D eigenvalue weighted by atomic mass is 9.81. The molecule has 1 unspecified atom stereocenters. The molecule has 2 N–H and O–H groups in total. The lowest BCUT2D eigenvalue weighted by Crippen LogP contribution is -2.44. The van der Waals surface area contributed by atoms with Gasteiger partial charge in [-0.15, -0.1) is 0 Å². The smallest absolute Gasteiger partial charge is 0.319 e. The van der Waals surface area contributed by atoms with Crippen LogP contribution in [0.3, 0.4) is 0 Å². The summed E-state index contributed by atoms with van der Waals surface area (Å²) in [6, 6.07) is 4.13. The molecule has 0 radical (unpaired) electrons. The Bertz CT molecular complexity index is 487. The number of carboxylic acids is 1. The van der Waals surface area contributed by atoms with E-state index in [1.165, 1.54) is 26.1 Å². The van der Waals surface area contributed by atoms with Crippen LogP contribution >= 0.6 is 0 Å². The molecule has 0 saturated carbocycles. The van der Waals surface area contributed by atoms with Gasteiger partial charge in [0.1, 0.15) is 11.2 Å². The van der Waals surface area contributed by atoms with Crippen LogP contribution in [0.5, 0.6) is 0 Å². The first-order chi connectivity index (χ1) is 8.31. The second kappa shape index (κ2) is 5.16. The summed E-state index contributed by atoms with van der Waals surface area (Å²) < 4.78 is 13.2. The van der Waals surface area contributed by atoms with Crippen LogP contribution in [0.25, 0.3) is 0 Å². The Morgan fingerprint density at radius 2 is 2.06 bits per heavy atom. The Balaban J connectivity index is 3.15. The molecular weight excluding hydrogens is 237 g/mol. The van der Waals surface area contributed by atoms with Crippen LogP contribution in [0.1, 0.15) is 18.1 Å². The Morgan fingerprint density at radius 3 is 2.56 bits per heavy atom. The van der Waals surface area contributed by atoms with Gasteiger partial charge in [0.15, 0.2) is 0 Å². The third-order valence-electron chi connectivity index (χ3n) is 3.06. The van der Waals surface area contributed by atoms with E-state index in [9.17, 15) is 19.1 Å². The van der Waals surface area contributed by atoms with Crippen molar-refractivity contribution < 1.29 is 19.1 Å². The van der Waals surface area contributed by atoms with Crippen LogP contribution < -0.4 is 5.32 Å². The highest BCUT2D eigenvalue weighted by molar-refractivity contribution is 6.01. The number of carbonyl (C=O) groups excluding carboxylic acids is 1. The molecular formula is C13H16FNO3. The van der Waals surface area contributed by atoms with Gasteiger partial charge in [-0.05, 0) is 43.5 Å². The number of benzene rings is 1. The topological polar surface area (TPSA) is 66.4 Å². The summed E-state index contributed by atoms with van der Waals surface area (Å²) in [4.78, 5) is 23.0. The van der Waals surface area contributed by atoms with Gasteiger partial charge in [-0.2, -0.15) is 0 Å². The predicted octanol–water partition coefficient (Wildman–Crippen LogP) is 1.51. The summed E-state index contributed by atoms with van der Waals surface area (Å²) in [7, 11) is 1.38. The molecule has 0 aromatic heterocycles. The molecule has 0 fully saturated rings. The van der Waals surface area contributed by atoms with Crippen molar-refractivity contribution in [2.45, 2.75) is 20.3 Å². The van der Waals surface area contributed by atoms with E-state index >= 15 is 0 Å². The second-order valence-corrected chi connectivity index (χ2v) is 4.46. The van der Waals surface area contributed by atoms with E-state index in [1.54, 1.807) is 13.0 Å². The number of carbonyl (C=O) groups is 2. The third kappa shape index (κ3) is 2.67. The molecule has 0 bridgehead atoms. The highest BCUT2D eigenvalue weighted by Crippen LogP contribution is 2.25. The van der Waals surface area contributed by atoms with E-state index in [0.717, 1.165) is 5.56 Å². The van der Waals surface area contributed by atoms with E-state index in [2.05, 4.69) is 5.32 Å². The molecule has 4 nitrogen and oxygen atoms in total. The van der Waals surface area contributed by atoms with Crippen molar-refractivity contribution in [1.29, 1.82) is 0 Å². The van der Waals surface area contributed by atoms with Crippen molar-refractivity contribution in [3.05, 3.63) is 35.1 Å². The minimum atomic E-state index is -1.60. The molecule has 5 heteroatoms. The number of amides is 1. The fourth-order valence-corrected chi connectivity index (χ4v) is 1.74. The number of aryl methyl sites for hydroxylation is 1. The van der Waals surface area contributed by atoms with Gasteiger partial charge >= 0.3 is 5.97 Å². The van der Waals surface area contributed by atoms with Crippen molar-refractivity contribution in [3.63, 3.8) is 0 Å². The number of hydrogen-bond acceptors (Lipinski definition) is 2. The van der Waals surface area contributed by atoms with Gasteiger partial charge < -0.3 is 10.4 Å². The van der Waals surface area contributed by atoms with Gasteiger partial charge in [0.25, 0.3) is 0 Å². The molecule has 0 aliphatic carbocycles. The zero-order valence-electron chi connectivity index (χ0n) is 10.6. The minimum absolute atomic E-state index is 0.0500. The Kier molecular flexibility index (Phi) is 4.06. The highest BCUT2D eigenvalue weighted by Gasteiger charge is 2.41. The lowest BCUT2D eigenvalue weighted by Gasteiger charge is -2.23. The quantitative estimate of drug-likeness (QED) is 0.799. The average Bonchev–Trinajstić information content (AvgIpc) is 2.32. The molecule has 1 amide bonds. The number of hydrogen-bond donors (Lipinski definition) is 2. The standard InChI is InChI=1S/C13H16FNO3/c1-8-4-5-10(14)6-9(8)7-13(2,12(17)18)11(16)15-3/h4-6H,7H2,1-3H3,(H,15,16)(H,17,18). The molecule has 0 spiro atoms. The number of halogens is 1. The minimum Gasteiger partial charge on any atom is -0.480 e. The Labute approximate surface area is 105 Å². The molecule has 1 aromatic rings. The van der Waals surface area contributed by atoms with Gasteiger partial charge in [-0.25, -0.2) is 4.39 Å². The monoisotopic (exact) mass is 253 g/mol. The average molecular weight is 253 g/mol. The fraction of sp³-hybridized carbons (Fsp3) is 0.385. The van der Waals surface area contributed by atoms with Gasteiger partial charge in [0.05, 0.1) is 0 Å². The molecule has 18 heavy (non-hydrogen) atoms.